The van der Waals surface area contributed by atoms with Crippen LogP contribution in [0.15, 0.2) is 35.3 Å². The number of carbonyl (C=O) groups is 3. The van der Waals surface area contributed by atoms with E-state index < -0.39 is 24.5 Å². The number of nitrogens with one attached hydrogen (secondary N) is 2. The Morgan fingerprint density at radius 3 is 2.71 bits per heavy atom. The fourth-order valence-electron chi connectivity index (χ4n) is 1.31. The van der Waals surface area contributed by atoms with Crippen molar-refractivity contribution in [1.82, 2.24) is 10.6 Å². The highest BCUT2D eigenvalue weighted by atomic mass is 79.9. The van der Waals surface area contributed by atoms with Gasteiger partial charge in [0, 0.05) is 11.0 Å². The lowest BCUT2D eigenvalue weighted by Crippen LogP contribution is -2.41. The average molecular weight is 357 g/mol. The van der Waals surface area contributed by atoms with Crippen molar-refractivity contribution in [1.29, 1.82) is 0 Å². The molecule has 7 nitrogen and oxygen atoms in total. The standard InChI is InChI=1S/C13H13BrN2O5/c1-2-5-15-13(20)16-11(17)7-21-10-6-8(14)3-4-9(10)12(18)19/h2-4,6H,1,5,7H2,(H,18,19)(H2,15,16,17,20). The van der Waals surface area contributed by atoms with E-state index in [4.69, 9.17) is 9.84 Å². The van der Waals surface area contributed by atoms with Crippen LogP contribution in [-0.2, 0) is 4.79 Å². The van der Waals surface area contributed by atoms with E-state index in [1.165, 1.54) is 18.2 Å². The summed E-state index contributed by atoms with van der Waals surface area (Å²) in [7, 11) is 0. The van der Waals surface area contributed by atoms with Gasteiger partial charge in [0.2, 0.25) is 0 Å². The molecule has 0 spiro atoms. The van der Waals surface area contributed by atoms with Gasteiger partial charge in [-0.3, -0.25) is 10.1 Å². The van der Waals surface area contributed by atoms with Gasteiger partial charge in [-0.15, -0.1) is 6.58 Å². The Bertz CT molecular complexity index is 574. The molecule has 0 atom stereocenters. The number of imide groups is 1. The lowest BCUT2D eigenvalue weighted by molar-refractivity contribution is -0.122. The van der Waals surface area contributed by atoms with Gasteiger partial charge in [0.15, 0.2) is 6.61 Å². The first-order chi connectivity index (χ1) is 9.93. The maximum Gasteiger partial charge on any atom is 0.339 e. The van der Waals surface area contributed by atoms with Crippen LogP contribution in [-0.4, -0.2) is 36.2 Å². The topological polar surface area (TPSA) is 105 Å². The molecule has 0 saturated carbocycles. The van der Waals surface area contributed by atoms with Gasteiger partial charge in [0.05, 0.1) is 0 Å². The predicted octanol–water partition coefficient (Wildman–Crippen LogP) is 1.54. The molecule has 0 saturated heterocycles. The second-order valence-corrected chi connectivity index (χ2v) is 4.70. The Labute approximate surface area is 129 Å². The van der Waals surface area contributed by atoms with Gasteiger partial charge in [-0.05, 0) is 18.2 Å². The van der Waals surface area contributed by atoms with Gasteiger partial charge in [0.1, 0.15) is 11.3 Å². The third-order valence-electron chi connectivity index (χ3n) is 2.19. The number of hydrogen-bond acceptors (Lipinski definition) is 4. The molecule has 0 fully saturated rings. The first-order valence-corrected chi connectivity index (χ1v) is 6.57. The van der Waals surface area contributed by atoms with E-state index in [9.17, 15) is 14.4 Å². The van der Waals surface area contributed by atoms with Gasteiger partial charge in [0.25, 0.3) is 5.91 Å². The highest BCUT2D eigenvalue weighted by Gasteiger charge is 2.14. The number of hydrogen-bond donors (Lipinski definition) is 3. The quantitative estimate of drug-likeness (QED) is 0.670. The number of carbonyl (C=O) groups excluding carboxylic acids is 2. The molecule has 3 amide bonds. The SMILES string of the molecule is C=CCNC(=O)NC(=O)COc1cc(Br)ccc1C(=O)O. The van der Waals surface area contributed by atoms with Gasteiger partial charge < -0.3 is 15.2 Å². The minimum absolute atomic E-state index is 0.0264. The summed E-state index contributed by atoms with van der Waals surface area (Å²) in [5.41, 5.74) is -0.0814. The van der Waals surface area contributed by atoms with E-state index in [-0.39, 0.29) is 17.9 Å². The minimum atomic E-state index is -1.18. The summed E-state index contributed by atoms with van der Waals surface area (Å²) in [4.78, 5) is 33.7. The van der Waals surface area contributed by atoms with E-state index >= 15 is 0 Å². The molecule has 1 aromatic carbocycles. The lowest BCUT2D eigenvalue weighted by Gasteiger charge is -2.09. The molecular formula is C13H13BrN2O5. The van der Waals surface area contributed by atoms with Crippen LogP contribution in [0.25, 0.3) is 0 Å². The molecule has 3 N–H and O–H groups in total. The van der Waals surface area contributed by atoms with Crippen molar-refractivity contribution in [2.45, 2.75) is 0 Å². The van der Waals surface area contributed by atoms with Crippen molar-refractivity contribution in [2.75, 3.05) is 13.2 Å². The molecule has 0 bridgehead atoms. The van der Waals surface area contributed by atoms with Crippen LogP contribution in [0.4, 0.5) is 4.79 Å². The van der Waals surface area contributed by atoms with Crippen LogP contribution in [0.3, 0.4) is 0 Å². The van der Waals surface area contributed by atoms with Gasteiger partial charge >= 0.3 is 12.0 Å². The normalized spacial score (nSPS) is 9.57. The Hall–Kier alpha value is -2.35. The first kappa shape index (κ1) is 16.7. The van der Waals surface area contributed by atoms with Gasteiger partial charge in [-0.2, -0.15) is 0 Å². The summed E-state index contributed by atoms with van der Waals surface area (Å²) in [6.45, 7) is 3.14. The van der Waals surface area contributed by atoms with E-state index in [0.717, 1.165) is 0 Å². The van der Waals surface area contributed by atoms with Crippen molar-refractivity contribution >= 4 is 33.8 Å². The highest BCUT2D eigenvalue weighted by molar-refractivity contribution is 9.10. The molecule has 0 unspecified atom stereocenters. The van der Waals surface area contributed by atoms with E-state index in [1.54, 1.807) is 6.07 Å². The second-order valence-electron chi connectivity index (χ2n) is 3.78. The summed E-state index contributed by atoms with van der Waals surface area (Å²) in [5, 5.41) is 13.4. The molecule has 0 aliphatic carbocycles. The molecule has 8 heteroatoms. The van der Waals surface area contributed by atoms with E-state index in [0.29, 0.717) is 4.47 Å². The number of amides is 3. The fourth-order valence-corrected chi connectivity index (χ4v) is 1.65. The van der Waals surface area contributed by atoms with Crippen LogP contribution in [0.1, 0.15) is 10.4 Å². The highest BCUT2D eigenvalue weighted by Crippen LogP contribution is 2.23. The number of urea groups is 1. The van der Waals surface area contributed by atoms with Crippen molar-refractivity contribution in [3.05, 3.63) is 40.9 Å². The molecular weight excluding hydrogens is 344 g/mol. The van der Waals surface area contributed by atoms with Crippen LogP contribution in [0, 0.1) is 0 Å². The van der Waals surface area contributed by atoms with Crippen LogP contribution < -0.4 is 15.4 Å². The molecule has 1 aromatic rings. The number of ether oxygens (including phenoxy) is 1. The van der Waals surface area contributed by atoms with Crippen LogP contribution in [0.2, 0.25) is 0 Å². The monoisotopic (exact) mass is 356 g/mol. The van der Waals surface area contributed by atoms with Crippen LogP contribution >= 0.6 is 15.9 Å². The zero-order valence-electron chi connectivity index (χ0n) is 10.9. The summed E-state index contributed by atoms with van der Waals surface area (Å²) in [6, 6.07) is 3.63. The molecule has 0 aliphatic heterocycles. The fraction of sp³-hybridized carbons (Fsp3) is 0.154. The smallest absolute Gasteiger partial charge is 0.339 e. The largest absolute Gasteiger partial charge is 0.483 e. The Morgan fingerprint density at radius 1 is 1.38 bits per heavy atom. The predicted molar refractivity (Wildman–Crippen MR) is 78.3 cm³/mol. The van der Waals surface area contributed by atoms with Gasteiger partial charge in [-0.25, -0.2) is 9.59 Å². The molecule has 21 heavy (non-hydrogen) atoms. The molecule has 0 heterocycles. The van der Waals surface area contributed by atoms with Crippen molar-refractivity contribution in [2.24, 2.45) is 0 Å². The Morgan fingerprint density at radius 2 is 2.10 bits per heavy atom. The maximum atomic E-state index is 11.5. The zero-order valence-corrected chi connectivity index (χ0v) is 12.5. The lowest BCUT2D eigenvalue weighted by atomic mass is 10.2. The first-order valence-electron chi connectivity index (χ1n) is 5.78. The number of carboxylic acid groups (broad SMARTS) is 1. The van der Waals surface area contributed by atoms with E-state index in [2.05, 4.69) is 27.8 Å². The van der Waals surface area contributed by atoms with E-state index in [1.807, 2.05) is 5.32 Å². The Balaban J connectivity index is 2.60. The number of halogens is 1. The van der Waals surface area contributed by atoms with Crippen molar-refractivity contribution in [3.63, 3.8) is 0 Å². The number of aromatic carboxylic acids is 1. The third kappa shape index (κ3) is 5.65. The minimum Gasteiger partial charge on any atom is -0.483 e. The van der Waals surface area contributed by atoms with Crippen molar-refractivity contribution in [3.8, 4) is 5.75 Å². The molecule has 0 radical (unpaired) electrons. The number of carboxylic acids is 1. The third-order valence-corrected chi connectivity index (χ3v) is 2.69. The average Bonchev–Trinajstić information content (AvgIpc) is 2.42. The van der Waals surface area contributed by atoms with Crippen molar-refractivity contribution < 1.29 is 24.2 Å². The summed E-state index contributed by atoms with van der Waals surface area (Å²) < 4.78 is 5.73. The molecule has 112 valence electrons. The summed E-state index contributed by atoms with van der Waals surface area (Å²) in [6.07, 6.45) is 1.46. The zero-order chi connectivity index (χ0) is 15.8. The van der Waals surface area contributed by atoms with Gasteiger partial charge in [-0.1, -0.05) is 22.0 Å². The molecule has 1 rings (SSSR count). The molecule has 0 aromatic heterocycles. The van der Waals surface area contributed by atoms with Crippen LogP contribution in [0.5, 0.6) is 5.75 Å². The molecule has 0 aliphatic rings. The maximum absolute atomic E-state index is 11.5. The second kappa shape index (κ2) is 8.05. The summed E-state index contributed by atoms with van der Waals surface area (Å²) in [5.74, 6) is -1.85. The number of rotatable bonds is 6. The Kier molecular flexibility index (Phi) is 6.41. The number of benzene rings is 1. The summed E-state index contributed by atoms with van der Waals surface area (Å²) >= 11 is 3.17.